The molecule has 0 spiro atoms. The largest absolute Gasteiger partial charge is 0.362 e. The maximum Gasteiger partial charge on any atom is 0.0850 e. The molecule has 0 aliphatic carbocycles. The molecule has 0 saturated heterocycles. The second-order valence-electron chi connectivity index (χ2n) is 2.10. The molecule has 0 aromatic heterocycles. The van der Waals surface area contributed by atoms with E-state index in [0.29, 0.717) is 5.88 Å². The van der Waals surface area contributed by atoms with E-state index < -0.39 is 0 Å². The molecule has 0 saturated carbocycles. The van der Waals surface area contributed by atoms with Crippen LogP contribution in [0.15, 0.2) is 4.99 Å². The van der Waals surface area contributed by atoms with Crippen LogP contribution < -0.4 is 0 Å². The van der Waals surface area contributed by atoms with Crippen LogP contribution in [-0.2, 0) is 0 Å². The van der Waals surface area contributed by atoms with E-state index in [1.54, 1.807) is 0 Å². The Labute approximate surface area is 60.5 Å². The molecule has 0 radical (unpaired) electrons. The highest BCUT2D eigenvalue weighted by molar-refractivity contribution is 6.18. The lowest BCUT2D eigenvalue weighted by atomic mass is 10.3. The summed E-state index contributed by atoms with van der Waals surface area (Å²) < 4.78 is 0. The topological polar surface area (TPSA) is 15.6 Å². The third kappa shape index (κ3) is 2.22. The minimum Gasteiger partial charge on any atom is -0.362 e. The van der Waals surface area contributed by atoms with Crippen molar-refractivity contribution < 1.29 is 0 Å². The molecule has 2 nitrogen and oxygen atoms in total. The Morgan fingerprint density at radius 2 is 2.56 bits per heavy atom. The predicted molar refractivity (Wildman–Crippen MR) is 40.3 cm³/mol. The molecule has 0 aromatic carbocycles. The zero-order valence-corrected chi connectivity index (χ0v) is 6.14. The monoisotopic (exact) mass is 146 g/mol. The van der Waals surface area contributed by atoms with Crippen molar-refractivity contribution in [3.05, 3.63) is 0 Å². The Morgan fingerprint density at radius 3 is 3.11 bits per heavy atom. The maximum absolute atomic E-state index is 5.53. The van der Waals surface area contributed by atoms with Crippen LogP contribution in [0.5, 0.6) is 0 Å². The quantitative estimate of drug-likeness (QED) is 0.530. The molecule has 0 bridgehead atoms. The summed E-state index contributed by atoms with van der Waals surface area (Å²) in [7, 11) is 0. The van der Waals surface area contributed by atoms with Gasteiger partial charge in [-0.2, -0.15) is 0 Å². The Hall–Kier alpha value is -0.240. The number of nitrogens with zero attached hydrogens (tertiary/aromatic N) is 2. The molecule has 1 rings (SSSR count). The summed E-state index contributed by atoms with van der Waals surface area (Å²) in [4.78, 5) is 6.27. The second-order valence-corrected chi connectivity index (χ2v) is 2.48. The molecule has 3 heteroatoms. The number of rotatable bonds is 2. The van der Waals surface area contributed by atoms with Gasteiger partial charge in [-0.25, -0.2) is 0 Å². The van der Waals surface area contributed by atoms with Crippen LogP contribution in [0.4, 0.5) is 0 Å². The molecule has 0 atom stereocenters. The van der Waals surface area contributed by atoms with Gasteiger partial charge in [-0.05, 0) is 6.42 Å². The van der Waals surface area contributed by atoms with Crippen LogP contribution in [0, 0.1) is 0 Å². The standard InChI is InChI=1S/C6H11ClN2/c7-2-5-9-4-1-3-8-6-9/h6H,1-5H2. The fourth-order valence-corrected chi connectivity index (χ4v) is 1.09. The number of hydrogen-bond donors (Lipinski definition) is 0. The highest BCUT2D eigenvalue weighted by Gasteiger charge is 2.01. The number of alkyl halides is 1. The molecule has 0 aromatic rings. The van der Waals surface area contributed by atoms with E-state index in [4.69, 9.17) is 11.6 Å². The van der Waals surface area contributed by atoms with E-state index in [-0.39, 0.29) is 0 Å². The van der Waals surface area contributed by atoms with Crippen molar-refractivity contribution in [3.8, 4) is 0 Å². The first-order valence-corrected chi connectivity index (χ1v) is 3.77. The number of hydrogen-bond acceptors (Lipinski definition) is 2. The van der Waals surface area contributed by atoms with E-state index in [1.807, 2.05) is 6.34 Å². The third-order valence-corrected chi connectivity index (χ3v) is 1.52. The Kier molecular flexibility index (Phi) is 2.84. The average Bonchev–Trinajstić information content (AvgIpc) is 1.91. The lowest BCUT2D eigenvalue weighted by Crippen LogP contribution is -2.28. The van der Waals surface area contributed by atoms with Crippen molar-refractivity contribution in [3.63, 3.8) is 0 Å². The first kappa shape index (κ1) is 6.87. The molecule has 1 heterocycles. The molecule has 52 valence electrons. The summed E-state index contributed by atoms with van der Waals surface area (Å²) in [6.07, 6.45) is 3.07. The Bertz CT molecular complexity index is 103. The van der Waals surface area contributed by atoms with E-state index in [0.717, 1.165) is 19.6 Å². The normalized spacial score (nSPS) is 18.6. The van der Waals surface area contributed by atoms with E-state index in [2.05, 4.69) is 9.89 Å². The molecular weight excluding hydrogens is 136 g/mol. The number of aliphatic imine (C=N–C) groups is 1. The summed E-state index contributed by atoms with van der Waals surface area (Å²) >= 11 is 5.53. The van der Waals surface area contributed by atoms with Gasteiger partial charge in [-0.1, -0.05) is 0 Å². The van der Waals surface area contributed by atoms with Gasteiger partial charge < -0.3 is 4.90 Å². The molecular formula is C6H11ClN2. The summed E-state index contributed by atoms with van der Waals surface area (Å²) in [5.41, 5.74) is 0. The lowest BCUT2D eigenvalue weighted by Gasteiger charge is -2.20. The fourth-order valence-electron chi connectivity index (χ4n) is 0.874. The third-order valence-electron chi connectivity index (χ3n) is 1.35. The first-order chi connectivity index (χ1) is 4.43. The molecule has 0 N–H and O–H groups in total. The van der Waals surface area contributed by atoms with Gasteiger partial charge in [0.1, 0.15) is 0 Å². The van der Waals surface area contributed by atoms with Gasteiger partial charge in [-0.15, -0.1) is 11.6 Å². The van der Waals surface area contributed by atoms with Gasteiger partial charge in [-0.3, -0.25) is 4.99 Å². The van der Waals surface area contributed by atoms with Gasteiger partial charge in [0, 0.05) is 25.5 Å². The zero-order valence-electron chi connectivity index (χ0n) is 5.39. The average molecular weight is 147 g/mol. The van der Waals surface area contributed by atoms with E-state index in [1.165, 1.54) is 6.42 Å². The zero-order chi connectivity index (χ0) is 6.53. The second kappa shape index (κ2) is 3.72. The van der Waals surface area contributed by atoms with Crippen molar-refractivity contribution in [1.82, 2.24) is 4.90 Å². The minimum absolute atomic E-state index is 0.700. The molecule has 9 heavy (non-hydrogen) atoms. The van der Waals surface area contributed by atoms with Gasteiger partial charge in [0.05, 0.1) is 6.34 Å². The van der Waals surface area contributed by atoms with Crippen LogP contribution in [0.3, 0.4) is 0 Å². The minimum atomic E-state index is 0.700. The van der Waals surface area contributed by atoms with Crippen LogP contribution in [-0.4, -0.2) is 36.8 Å². The Morgan fingerprint density at radius 1 is 1.67 bits per heavy atom. The highest BCUT2D eigenvalue weighted by Crippen LogP contribution is 1.95. The highest BCUT2D eigenvalue weighted by atomic mass is 35.5. The first-order valence-electron chi connectivity index (χ1n) is 3.23. The van der Waals surface area contributed by atoms with Crippen LogP contribution in [0.1, 0.15) is 6.42 Å². The van der Waals surface area contributed by atoms with Crippen LogP contribution >= 0.6 is 11.6 Å². The molecule has 1 aliphatic heterocycles. The van der Waals surface area contributed by atoms with Gasteiger partial charge in [0.25, 0.3) is 0 Å². The van der Waals surface area contributed by atoms with Crippen molar-refractivity contribution in [2.75, 3.05) is 25.5 Å². The van der Waals surface area contributed by atoms with Gasteiger partial charge >= 0.3 is 0 Å². The summed E-state index contributed by atoms with van der Waals surface area (Å²) in [5, 5.41) is 0. The Balaban J connectivity index is 2.23. The molecule has 0 unspecified atom stereocenters. The smallest absolute Gasteiger partial charge is 0.0850 e. The van der Waals surface area contributed by atoms with Crippen LogP contribution in [0.25, 0.3) is 0 Å². The summed E-state index contributed by atoms with van der Waals surface area (Å²) in [5.74, 6) is 0.700. The maximum atomic E-state index is 5.53. The summed E-state index contributed by atoms with van der Waals surface area (Å²) in [6, 6.07) is 0. The number of halogens is 1. The van der Waals surface area contributed by atoms with Crippen molar-refractivity contribution in [2.24, 2.45) is 4.99 Å². The molecule has 1 aliphatic rings. The van der Waals surface area contributed by atoms with Crippen molar-refractivity contribution in [1.29, 1.82) is 0 Å². The fraction of sp³-hybridized carbons (Fsp3) is 0.833. The van der Waals surface area contributed by atoms with Crippen LogP contribution in [0.2, 0.25) is 0 Å². The van der Waals surface area contributed by atoms with Gasteiger partial charge in [0.15, 0.2) is 0 Å². The van der Waals surface area contributed by atoms with E-state index >= 15 is 0 Å². The molecule has 0 fully saturated rings. The predicted octanol–water partition coefficient (Wildman–Crippen LogP) is 0.959. The molecule has 0 amide bonds. The van der Waals surface area contributed by atoms with Crippen molar-refractivity contribution >= 4 is 17.9 Å². The lowest BCUT2D eigenvalue weighted by molar-refractivity contribution is 0.429. The van der Waals surface area contributed by atoms with Gasteiger partial charge in [0.2, 0.25) is 0 Å². The van der Waals surface area contributed by atoms with E-state index in [9.17, 15) is 0 Å². The summed E-state index contributed by atoms with van der Waals surface area (Å²) in [6.45, 7) is 3.04. The SMILES string of the molecule is ClCCN1C=NCCC1. The van der Waals surface area contributed by atoms with Crippen molar-refractivity contribution in [2.45, 2.75) is 6.42 Å².